The van der Waals surface area contributed by atoms with Crippen molar-refractivity contribution < 1.29 is 5.11 Å². The normalized spacial score (nSPS) is 13.7. The Morgan fingerprint density at radius 3 is 2.27 bits per heavy atom. The number of hydrogen-bond donors (Lipinski definition) is 3. The molecule has 1 aliphatic heterocycles. The topological polar surface area (TPSA) is 98.6 Å². The predicted octanol–water partition coefficient (Wildman–Crippen LogP) is 7.48. The minimum Gasteiger partial charge on any atom is -0.506 e. The van der Waals surface area contributed by atoms with E-state index < -0.39 is 0 Å². The summed E-state index contributed by atoms with van der Waals surface area (Å²) in [5.41, 5.74) is 7.20. The molecule has 1 saturated heterocycles. The number of benzene rings is 3. The molecule has 0 bridgehead atoms. The Labute approximate surface area is 257 Å². The van der Waals surface area contributed by atoms with E-state index in [9.17, 15) is 5.11 Å². The van der Waals surface area contributed by atoms with Crippen LogP contribution in [0, 0.1) is 12.8 Å². The smallest absolute Gasteiger partial charge is 0.250 e. The molecule has 4 aromatic rings. The molecule has 11 heteroatoms. The van der Waals surface area contributed by atoms with Crippen LogP contribution in [0.1, 0.15) is 29.5 Å². The maximum atomic E-state index is 9.95. The summed E-state index contributed by atoms with van der Waals surface area (Å²) in [5, 5.41) is 17.6. The van der Waals surface area contributed by atoms with Crippen molar-refractivity contribution >= 4 is 74.0 Å². The van der Waals surface area contributed by atoms with Gasteiger partial charge in [0.05, 0.1) is 15.2 Å². The molecule has 1 fully saturated rings. The largest absolute Gasteiger partial charge is 0.506 e. The second-order valence-electron chi connectivity index (χ2n) is 9.60. The predicted molar refractivity (Wildman–Crippen MR) is 171 cm³/mol. The zero-order chi connectivity index (χ0) is 27.2. The lowest BCUT2D eigenvalue weighted by atomic mass is 9.90. The van der Waals surface area contributed by atoms with Crippen LogP contribution in [0.15, 0.2) is 80.8 Å². The fourth-order valence-electron chi connectivity index (χ4n) is 4.49. The molecule has 5 rings (SSSR count). The Balaban J connectivity index is 0.00000370. The van der Waals surface area contributed by atoms with E-state index in [-0.39, 0.29) is 18.2 Å². The van der Waals surface area contributed by atoms with Gasteiger partial charge in [-0.1, -0.05) is 48.0 Å². The van der Waals surface area contributed by atoms with Crippen molar-refractivity contribution in [2.24, 2.45) is 11.0 Å². The highest BCUT2D eigenvalue weighted by atomic mass is 79.9. The first-order valence-corrected chi connectivity index (χ1v) is 14.4. The van der Waals surface area contributed by atoms with E-state index in [4.69, 9.17) is 4.98 Å². The quantitative estimate of drug-likeness (QED) is 0.131. The first kappa shape index (κ1) is 29.8. The standard InChI is InChI=1S/C29H29Br2N7O.ClH/c1-19-7-9-23(10-8-19)33-27-34-28(37-32-18-22-16-24(30)26(39)25(31)17-22)36-29(35-27)38-13-11-21(12-14-38)15-20-5-3-2-4-6-20;/h2-10,16-18,21,39H,11-15H2,1H3,(H2,33,34,35,36,37);1H/b32-18+;. The Morgan fingerprint density at radius 1 is 0.950 bits per heavy atom. The van der Waals surface area contributed by atoms with E-state index >= 15 is 0 Å². The summed E-state index contributed by atoms with van der Waals surface area (Å²) in [6.45, 7) is 3.81. The number of phenolic OH excluding ortho intramolecular Hbond substituents is 1. The molecule has 1 aliphatic rings. The Hall–Kier alpha value is -3.21. The van der Waals surface area contributed by atoms with Crippen LogP contribution in [0.2, 0.25) is 0 Å². The number of hydrazone groups is 1. The van der Waals surface area contributed by atoms with Gasteiger partial charge in [0.25, 0.3) is 0 Å². The highest BCUT2D eigenvalue weighted by Crippen LogP contribution is 2.33. The SMILES string of the molecule is Cc1ccc(Nc2nc(N/N=C/c3cc(Br)c(O)c(Br)c3)nc(N3CCC(Cc4ccccc4)CC3)n2)cc1.Cl. The molecule has 0 aliphatic carbocycles. The second kappa shape index (κ2) is 13.9. The molecule has 3 aromatic carbocycles. The van der Waals surface area contributed by atoms with Gasteiger partial charge < -0.3 is 15.3 Å². The third kappa shape index (κ3) is 7.93. The molecule has 40 heavy (non-hydrogen) atoms. The molecule has 208 valence electrons. The molecular weight excluding hydrogens is 658 g/mol. The maximum absolute atomic E-state index is 9.95. The average Bonchev–Trinajstić information content (AvgIpc) is 2.94. The van der Waals surface area contributed by atoms with Crippen molar-refractivity contribution in [1.29, 1.82) is 0 Å². The van der Waals surface area contributed by atoms with Crippen molar-refractivity contribution in [3.05, 3.63) is 92.4 Å². The van der Waals surface area contributed by atoms with Crippen LogP contribution in [0.4, 0.5) is 23.5 Å². The van der Waals surface area contributed by atoms with E-state index in [1.165, 1.54) is 11.1 Å². The summed E-state index contributed by atoms with van der Waals surface area (Å²) in [5.74, 6) is 2.19. The summed E-state index contributed by atoms with van der Waals surface area (Å²) >= 11 is 6.69. The lowest BCUT2D eigenvalue weighted by molar-refractivity contribution is 0.400. The number of nitrogens with one attached hydrogen (secondary N) is 2. The monoisotopic (exact) mass is 685 g/mol. The van der Waals surface area contributed by atoms with Gasteiger partial charge in [-0.05, 0) is 99.4 Å². The summed E-state index contributed by atoms with van der Waals surface area (Å²) in [6.07, 6.45) is 4.89. The Bertz CT molecular complexity index is 1420. The first-order chi connectivity index (χ1) is 18.9. The number of rotatable bonds is 8. The van der Waals surface area contributed by atoms with Gasteiger partial charge in [0.15, 0.2) is 0 Å². The Kier molecular flexibility index (Phi) is 10.4. The van der Waals surface area contributed by atoms with Crippen molar-refractivity contribution in [3.8, 4) is 5.75 Å². The zero-order valence-electron chi connectivity index (χ0n) is 21.9. The van der Waals surface area contributed by atoms with E-state index in [1.54, 1.807) is 18.3 Å². The zero-order valence-corrected chi connectivity index (χ0v) is 25.9. The molecule has 0 unspecified atom stereocenters. The van der Waals surface area contributed by atoms with Crippen LogP contribution < -0.4 is 15.6 Å². The van der Waals surface area contributed by atoms with Crippen molar-refractivity contribution in [3.63, 3.8) is 0 Å². The summed E-state index contributed by atoms with van der Waals surface area (Å²) < 4.78 is 1.14. The van der Waals surface area contributed by atoms with E-state index in [1.807, 2.05) is 24.3 Å². The van der Waals surface area contributed by atoms with Gasteiger partial charge in [0.1, 0.15) is 5.75 Å². The molecule has 1 aromatic heterocycles. The van der Waals surface area contributed by atoms with Crippen LogP contribution in [-0.4, -0.2) is 39.4 Å². The number of aryl methyl sites for hydroxylation is 1. The number of piperidine rings is 1. The number of halogens is 3. The molecule has 0 saturated carbocycles. The number of hydrogen-bond acceptors (Lipinski definition) is 8. The Morgan fingerprint density at radius 2 is 1.60 bits per heavy atom. The summed E-state index contributed by atoms with van der Waals surface area (Å²) in [4.78, 5) is 16.2. The van der Waals surface area contributed by atoms with Crippen molar-refractivity contribution in [2.45, 2.75) is 26.2 Å². The van der Waals surface area contributed by atoms with Crippen LogP contribution in [0.5, 0.6) is 5.75 Å². The van der Waals surface area contributed by atoms with Crippen molar-refractivity contribution in [2.75, 3.05) is 28.7 Å². The van der Waals surface area contributed by atoms with E-state index in [0.29, 0.717) is 32.7 Å². The molecule has 8 nitrogen and oxygen atoms in total. The lowest BCUT2D eigenvalue weighted by Crippen LogP contribution is -2.35. The number of anilines is 4. The molecule has 0 spiro atoms. The molecule has 0 amide bonds. The highest BCUT2D eigenvalue weighted by Gasteiger charge is 2.22. The fourth-order valence-corrected chi connectivity index (χ4v) is 5.71. The molecule has 0 radical (unpaired) electrons. The van der Waals surface area contributed by atoms with Gasteiger partial charge in [-0.25, -0.2) is 5.43 Å². The van der Waals surface area contributed by atoms with Crippen LogP contribution >= 0.6 is 44.3 Å². The fraction of sp³-hybridized carbons (Fsp3) is 0.241. The molecule has 3 N–H and O–H groups in total. The van der Waals surface area contributed by atoms with E-state index in [2.05, 4.69) is 99.8 Å². The third-order valence-electron chi connectivity index (χ3n) is 6.61. The number of aromatic hydroxyl groups is 1. The van der Waals surface area contributed by atoms with Crippen LogP contribution in [0.3, 0.4) is 0 Å². The second-order valence-corrected chi connectivity index (χ2v) is 11.3. The third-order valence-corrected chi connectivity index (χ3v) is 7.82. The number of nitrogens with zero attached hydrogens (tertiary/aromatic N) is 5. The first-order valence-electron chi connectivity index (χ1n) is 12.8. The summed E-state index contributed by atoms with van der Waals surface area (Å²) in [6, 6.07) is 22.3. The number of aromatic nitrogens is 3. The van der Waals surface area contributed by atoms with Crippen LogP contribution in [0.25, 0.3) is 0 Å². The molecule has 0 atom stereocenters. The molecule has 2 heterocycles. The van der Waals surface area contributed by atoms with E-state index in [0.717, 1.165) is 43.6 Å². The lowest BCUT2D eigenvalue weighted by Gasteiger charge is -2.32. The minimum absolute atomic E-state index is 0. The highest BCUT2D eigenvalue weighted by molar-refractivity contribution is 9.11. The van der Waals surface area contributed by atoms with Crippen LogP contribution in [-0.2, 0) is 6.42 Å². The van der Waals surface area contributed by atoms with Gasteiger partial charge >= 0.3 is 0 Å². The van der Waals surface area contributed by atoms with Gasteiger partial charge in [-0.15, -0.1) is 12.4 Å². The van der Waals surface area contributed by atoms with Crippen molar-refractivity contribution in [1.82, 2.24) is 15.0 Å². The van der Waals surface area contributed by atoms with Gasteiger partial charge in [-0.3, -0.25) is 0 Å². The number of phenols is 1. The molecular formula is C29H30Br2ClN7O. The van der Waals surface area contributed by atoms with Gasteiger partial charge in [0, 0.05) is 18.8 Å². The summed E-state index contributed by atoms with van der Waals surface area (Å²) in [7, 11) is 0. The average molecular weight is 688 g/mol. The van der Waals surface area contributed by atoms with Gasteiger partial charge in [-0.2, -0.15) is 20.1 Å². The minimum atomic E-state index is 0. The maximum Gasteiger partial charge on any atom is 0.250 e. The van der Waals surface area contributed by atoms with Gasteiger partial charge in [0.2, 0.25) is 17.8 Å².